The summed E-state index contributed by atoms with van der Waals surface area (Å²) in [7, 11) is 0. The molecule has 4 nitrogen and oxygen atoms in total. The summed E-state index contributed by atoms with van der Waals surface area (Å²) in [6, 6.07) is 7.95. The van der Waals surface area contributed by atoms with E-state index in [0.717, 1.165) is 37.1 Å². The molecule has 1 atom stereocenters. The highest BCUT2D eigenvalue weighted by atomic mass is 16.7. The highest BCUT2D eigenvalue weighted by molar-refractivity contribution is 5.77. The van der Waals surface area contributed by atoms with E-state index in [-0.39, 0.29) is 12.0 Å². The van der Waals surface area contributed by atoms with E-state index < -0.39 is 0 Å². The monoisotopic (exact) mass is 248 g/mol. The maximum atomic E-state index is 11.7. The van der Waals surface area contributed by atoms with Crippen LogP contribution in [0.1, 0.15) is 24.0 Å². The van der Waals surface area contributed by atoms with Crippen molar-refractivity contribution in [2.24, 2.45) is 0 Å². The number of benzene rings is 1. The van der Waals surface area contributed by atoms with Crippen molar-refractivity contribution in [1.82, 2.24) is 10.8 Å². The second-order valence-electron chi connectivity index (χ2n) is 4.78. The molecule has 98 valence electrons. The number of amides is 1. The first-order valence-electron chi connectivity index (χ1n) is 6.45. The summed E-state index contributed by atoms with van der Waals surface area (Å²) in [6.07, 6.45) is 2.55. The average molecular weight is 248 g/mol. The van der Waals surface area contributed by atoms with Crippen molar-refractivity contribution in [3.63, 3.8) is 0 Å². The minimum absolute atomic E-state index is 0.0915. The second kappa shape index (κ2) is 6.52. The Morgan fingerprint density at radius 1 is 1.56 bits per heavy atom. The van der Waals surface area contributed by atoms with Gasteiger partial charge in [-0.3, -0.25) is 9.63 Å². The summed E-state index contributed by atoms with van der Waals surface area (Å²) in [5.41, 5.74) is 4.72. The van der Waals surface area contributed by atoms with Gasteiger partial charge in [0, 0.05) is 6.54 Å². The molecule has 1 aromatic carbocycles. The van der Waals surface area contributed by atoms with Gasteiger partial charge in [-0.25, -0.2) is 5.48 Å². The summed E-state index contributed by atoms with van der Waals surface area (Å²) in [5.74, 6) is -0.0915. The molecule has 1 fully saturated rings. The average Bonchev–Trinajstić information content (AvgIpc) is 2.38. The van der Waals surface area contributed by atoms with Gasteiger partial charge >= 0.3 is 0 Å². The third kappa shape index (κ3) is 4.13. The lowest BCUT2D eigenvalue weighted by molar-refractivity contribution is -0.138. The summed E-state index contributed by atoms with van der Waals surface area (Å²) in [5, 5.41) is 3.24. The van der Waals surface area contributed by atoms with E-state index in [1.54, 1.807) is 0 Å². The van der Waals surface area contributed by atoms with E-state index in [1.807, 2.05) is 31.2 Å². The normalized spacial score (nSPS) is 19.5. The maximum Gasteiger partial charge on any atom is 0.247 e. The molecule has 1 aliphatic rings. The molecule has 0 radical (unpaired) electrons. The minimum atomic E-state index is -0.0915. The number of rotatable bonds is 4. The Kier molecular flexibility index (Phi) is 4.73. The zero-order valence-corrected chi connectivity index (χ0v) is 10.7. The molecular weight excluding hydrogens is 228 g/mol. The lowest BCUT2D eigenvalue weighted by Gasteiger charge is -2.22. The minimum Gasteiger partial charge on any atom is -0.314 e. The van der Waals surface area contributed by atoms with Crippen LogP contribution in [0.3, 0.4) is 0 Å². The summed E-state index contributed by atoms with van der Waals surface area (Å²) in [6.45, 7) is 3.87. The van der Waals surface area contributed by atoms with Crippen LogP contribution < -0.4 is 10.8 Å². The van der Waals surface area contributed by atoms with Crippen LogP contribution in [0.5, 0.6) is 0 Å². The van der Waals surface area contributed by atoms with E-state index in [0.29, 0.717) is 6.42 Å². The predicted molar refractivity (Wildman–Crippen MR) is 70.0 cm³/mol. The van der Waals surface area contributed by atoms with Gasteiger partial charge in [-0.05, 0) is 31.9 Å². The number of hydroxylamine groups is 1. The highest BCUT2D eigenvalue weighted by Gasteiger charge is 2.14. The third-order valence-corrected chi connectivity index (χ3v) is 3.04. The van der Waals surface area contributed by atoms with Crippen molar-refractivity contribution in [2.45, 2.75) is 32.3 Å². The fourth-order valence-corrected chi connectivity index (χ4v) is 2.11. The van der Waals surface area contributed by atoms with Crippen molar-refractivity contribution in [2.75, 3.05) is 13.1 Å². The first kappa shape index (κ1) is 13.1. The Morgan fingerprint density at radius 3 is 3.17 bits per heavy atom. The number of carbonyl (C=O) groups is 1. The van der Waals surface area contributed by atoms with Crippen LogP contribution in [-0.4, -0.2) is 25.1 Å². The van der Waals surface area contributed by atoms with Crippen LogP contribution in [0, 0.1) is 6.92 Å². The fourth-order valence-electron chi connectivity index (χ4n) is 2.11. The first-order chi connectivity index (χ1) is 8.74. The van der Waals surface area contributed by atoms with Crippen molar-refractivity contribution in [1.29, 1.82) is 0 Å². The smallest absolute Gasteiger partial charge is 0.247 e. The standard InChI is InChI=1S/C14H20N2O2/c1-11-4-2-5-12(8-11)9-14(17)16-18-13-6-3-7-15-10-13/h2,4-5,8,13,15H,3,6-7,9-10H2,1H3,(H,16,17). The molecule has 1 unspecified atom stereocenters. The number of hydrogen-bond acceptors (Lipinski definition) is 3. The van der Waals surface area contributed by atoms with Crippen molar-refractivity contribution >= 4 is 5.91 Å². The van der Waals surface area contributed by atoms with E-state index in [1.165, 1.54) is 0 Å². The van der Waals surface area contributed by atoms with Gasteiger partial charge in [0.25, 0.3) is 0 Å². The van der Waals surface area contributed by atoms with Gasteiger partial charge in [0.2, 0.25) is 5.91 Å². The van der Waals surface area contributed by atoms with Crippen LogP contribution in [0.2, 0.25) is 0 Å². The largest absolute Gasteiger partial charge is 0.314 e. The molecule has 0 aliphatic carbocycles. The van der Waals surface area contributed by atoms with Gasteiger partial charge in [0.15, 0.2) is 0 Å². The first-order valence-corrected chi connectivity index (χ1v) is 6.45. The fraction of sp³-hybridized carbons (Fsp3) is 0.500. The number of hydrogen-bond donors (Lipinski definition) is 2. The van der Waals surface area contributed by atoms with E-state index in [4.69, 9.17) is 4.84 Å². The van der Waals surface area contributed by atoms with Crippen molar-refractivity contribution in [3.05, 3.63) is 35.4 Å². The van der Waals surface area contributed by atoms with E-state index >= 15 is 0 Å². The zero-order valence-electron chi connectivity index (χ0n) is 10.7. The molecule has 1 aromatic rings. The molecule has 0 bridgehead atoms. The number of nitrogens with one attached hydrogen (secondary N) is 2. The lowest BCUT2D eigenvalue weighted by Crippen LogP contribution is -2.40. The van der Waals surface area contributed by atoms with E-state index in [2.05, 4.69) is 10.8 Å². The van der Waals surface area contributed by atoms with Crippen molar-refractivity contribution < 1.29 is 9.63 Å². The third-order valence-electron chi connectivity index (χ3n) is 3.04. The quantitative estimate of drug-likeness (QED) is 0.791. The van der Waals surface area contributed by atoms with Gasteiger partial charge in [-0.15, -0.1) is 0 Å². The molecular formula is C14H20N2O2. The molecule has 0 saturated carbocycles. The molecule has 2 rings (SSSR count). The number of carbonyl (C=O) groups excluding carboxylic acids is 1. The molecule has 1 heterocycles. The van der Waals surface area contributed by atoms with Gasteiger partial charge < -0.3 is 5.32 Å². The summed E-state index contributed by atoms with van der Waals surface area (Å²) < 4.78 is 0. The number of aryl methyl sites for hydroxylation is 1. The topological polar surface area (TPSA) is 50.4 Å². The Labute approximate surface area is 108 Å². The van der Waals surface area contributed by atoms with Gasteiger partial charge in [-0.1, -0.05) is 29.8 Å². The van der Waals surface area contributed by atoms with Gasteiger partial charge in [0.05, 0.1) is 12.5 Å². The number of piperidine rings is 1. The molecule has 4 heteroatoms. The predicted octanol–water partition coefficient (Wildman–Crippen LogP) is 1.34. The SMILES string of the molecule is Cc1cccc(CC(=O)NOC2CCCNC2)c1. The van der Waals surface area contributed by atoms with Gasteiger partial charge in [-0.2, -0.15) is 0 Å². The molecule has 18 heavy (non-hydrogen) atoms. The summed E-state index contributed by atoms with van der Waals surface area (Å²) >= 11 is 0. The van der Waals surface area contributed by atoms with Crippen LogP contribution >= 0.6 is 0 Å². The molecule has 1 aliphatic heterocycles. The van der Waals surface area contributed by atoms with Crippen LogP contribution in [0.15, 0.2) is 24.3 Å². The van der Waals surface area contributed by atoms with E-state index in [9.17, 15) is 4.79 Å². The Morgan fingerprint density at radius 2 is 2.44 bits per heavy atom. The Hall–Kier alpha value is -1.39. The Balaban J connectivity index is 1.74. The molecule has 1 amide bonds. The molecule has 0 aromatic heterocycles. The van der Waals surface area contributed by atoms with Crippen LogP contribution in [0.25, 0.3) is 0 Å². The second-order valence-corrected chi connectivity index (χ2v) is 4.78. The van der Waals surface area contributed by atoms with Crippen LogP contribution in [0.4, 0.5) is 0 Å². The molecule has 0 spiro atoms. The zero-order chi connectivity index (χ0) is 12.8. The van der Waals surface area contributed by atoms with Crippen molar-refractivity contribution in [3.8, 4) is 0 Å². The maximum absolute atomic E-state index is 11.7. The molecule has 1 saturated heterocycles. The highest BCUT2D eigenvalue weighted by Crippen LogP contribution is 2.06. The lowest BCUT2D eigenvalue weighted by atomic mass is 10.1. The summed E-state index contributed by atoms with van der Waals surface area (Å²) in [4.78, 5) is 17.1. The van der Waals surface area contributed by atoms with Crippen LogP contribution in [-0.2, 0) is 16.1 Å². The van der Waals surface area contributed by atoms with Gasteiger partial charge in [0.1, 0.15) is 0 Å². The molecule has 2 N–H and O–H groups in total. The Bertz CT molecular complexity index is 401.